The molecule has 0 saturated carbocycles. The van der Waals surface area contributed by atoms with Gasteiger partial charge >= 0.3 is 5.97 Å². The number of nitrogens with two attached hydrogens (primary N) is 1. The number of hydrogen-bond donors (Lipinski definition) is 3. The Bertz CT molecular complexity index is 483. The highest BCUT2D eigenvalue weighted by atomic mass is 31.0. The Morgan fingerprint density at radius 3 is 2.50 bits per heavy atom. The molecule has 0 bridgehead atoms. The fraction of sp³-hybridized carbons (Fsp3) is 0.429. The quantitative estimate of drug-likeness (QED) is 0.401. The number of carbonyl (C=O) groups is 2. The molecule has 0 aliphatic heterocycles. The maximum absolute atomic E-state index is 11.7. The van der Waals surface area contributed by atoms with E-state index in [4.69, 9.17) is 9.47 Å². The molecule has 1 unspecified atom stereocenters. The Labute approximate surface area is 132 Å². The Hall–Kier alpha value is -1.69. The van der Waals surface area contributed by atoms with Crippen LogP contribution < -0.4 is 20.3 Å². The summed E-state index contributed by atoms with van der Waals surface area (Å²) in [5.74, 6) is -0.315. The standard InChI is InChI=1S/C14H19NO5.H4NP/c1-4-12(17)15-7-13(18)20-14-10(8-16)5-9(2)6-11(14)19-3;1-2/h5-6,16H,4,7-8H2,1-3H3,(H,15,17);1-2H2. The average molecular weight is 330 g/mol. The molecule has 0 spiro atoms. The van der Waals surface area contributed by atoms with Gasteiger partial charge in [0.05, 0.1) is 13.7 Å². The van der Waals surface area contributed by atoms with E-state index in [1.807, 2.05) is 16.3 Å². The first-order valence-electron chi connectivity index (χ1n) is 6.60. The minimum atomic E-state index is -0.622. The number of esters is 1. The van der Waals surface area contributed by atoms with Crippen molar-refractivity contribution in [1.29, 1.82) is 0 Å². The molecule has 0 aromatic heterocycles. The van der Waals surface area contributed by atoms with E-state index in [9.17, 15) is 14.7 Å². The molecule has 22 heavy (non-hydrogen) atoms. The number of aryl methyl sites for hydroxylation is 1. The van der Waals surface area contributed by atoms with Gasteiger partial charge in [-0.25, -0.2) is 4.79 Å². The van der Waals surface area contributed by atoms with E-state index in [0.29, 0.717) is 17.7 Å². The maximum atomic E-state index is 11.7. The highest BCUT2D eigenvalue weighted by molar-refractivity contribution is 7.13. The van der Waals surface area contributed by atoms with Crippen molar-refractivity contribution in [2.45, 2.75) is 26.9 Å². The summed E-state index contributed by atoms with van der Waals surface area (Å²) in [6.07, 6.45) is 0.295. The summed E-state index contributed by atoms with van der Waals surface area (Å²) < 4.78 is 10.3. The van der Waals surface area contributed by atoms with Crippen LogP contribution in [-0.2, 0) is 16.2 Å². The Kier molecular flexibility index (Phi) is 10.1. The van der Waals surface area contributed by atoms with Crippen molar-refractivity contribution >= 4 is 21.3 Å². The maximum Gasteiger partial charge on any atom is 0.330 e. The molecule has 0 saturated heterocycles. The van der Waals surface area contributed by atoms with Gasteiger partial charge in [0.15, 0.2) is 11.5 Å². The monoisotopic (exact) mass is 330 g/mol. The van der Waals surface area contributed by atoms with Gasteiger partial charge in [-0.15, -0.1) is 0 Å². The second-order valence-electron chi connectivity index (χ2n) is 4.22. The number of amides is 1. The minimum absolute atomic E-state index is 0.177. The summed E-state index contributed by atoms with van der Waals surface area (Å²) in [6.45, 7) is 3.03. The van der Waals surface area contributed by atoms with E-state index in [0.717, 1.165) is 5.56 Å². The van der Waals surface area contributed by atoms with Crippen LogP contribution in [0.5, 0.6) is 11.5 Å². The molecule has 0 aliphatic rings. The highest BCUT2D eigenvalue weighted by Crippen LogP contribution is 2.32. The summed E-state index contributed by atoms with van der Waals surface area (Å²) in [7, 11) is 3.37. The lowest BCUT2D eigenvalue weighted by Gasteiger charge is -2.14. The van der Waals surface area contributed by atoms with Gasteiger partial charge in [0.2, 0.25) is 5.91 Å². The van der Waals surface area contributed by atoms with Crippen molar-refractivity contribution in [3.05, 3.63) is 23.3 Å². The van der Waals surface area contributed by atoms with Crippen LogP contribution in [0, 0.1) is 6.92 Å². The first-order valence-corrected chi connectivity index (χ1v) is 7.27. The summed E-state index contributed by atoms with van der Waals surface area (Å²) in [6, 6.07) is 3.40. The van der Waals surface area contributed by atoms with Gasteiger partial charge in [0.25, 0.3) is 0 Å². The van der Waals surface area contributed by atoms with Crippen molar-refractivity contribution in [3.8, 4) is 11.5 Å². The molecule has 1 atom stereocenters. The fourth-order valence-electron chi connectivity index (χ4n) is 1.64. The summed E-state index contributed by atoms with van der Waals surface area (Å²) in [5, 5.41) is 11.7. The van der Waals surface area contributed by atoms with Gasteiger partial charge in [0, 0.05) is 12.0 Å². The Morgan fingerprint density at radius 1 is 1.36 bits per heavy atom. The van der Waals surface area contributed by atoms with Crippen molar-refractivity contribution in [2.24, 2.45) is 5.50 Å². The van der Waals surface area contributed by atoms with Gasteiger partial charge in [-0.05, 0) is 24.6 Å². The molecule has 8 heteroatoms. The SMILES string of the molecule is CCC(=O)NCC(=O)Oc1c(CO)cc(C)cc1OC.NP. The van der Waals surface area contributed by atoms with Gasteiger partial charge in [0.1, 0.15) is 6.54 Å². The number of aliphatic hydroxyl groups is 1. The van der Waals surface area contributed by atoms with Crippen LogP contribution in [0.2, 0.25) is 0 Å². The lowest BCUT2D eigenvalue weighted by atomic mass is 10.1. The van der Waals surface area contributed by atoms with E-state index >= 15 is 0 Å². The van der Waals surface area contributed by atoms with Gasteiger partial charge in [-0.1, -0.05) is 16.3 Å². The lowest BCUT2D eigenvalue weighted by Crippen LogP contribution is -2.31. The zero-order valence-electron chi connectivity index (χ0n) is 13.0. The van der Waals surface area contributed by atoms with Gasteiger partial charge < -0.3 is 25.4 Å². The number of benzene rings is 1. The summed E-state index contributed by atoms with van der Waals surface area (Å²) >= 11 is 0. The molecule has 4 N–H and O–H groups in total. The summed E-state index contributed by atoms with van der Waals surface area (Å²) in [4.78, 5) is 22.8. The molecule has 0 radical (unpaired) electrons. The zero-order chi connectivity index (χ0) is 17.1. The van der Waals surface area contributed by atoms with Crippen LogP contribution in [0.15, 0.2) is 12.1 Å². The Balaban J connectivity index is 0.00000211. The number of nitrogens with one attached hydrogen (secondary N) is 1. The largest absolute Gasteiger partial charge is 0.493 e. The third-order valence-electron chi connectivity index (χ3n) is 2.63. The second-order valence-corrected chi connectivity index (χ2v) is 4.22. The van der Waals surface area contributed by atoms with E-state index in [1.54, 1.807) is 19.1 Å². The number of aliphatic hydroxyl groups excluding tert-OH is 1. The van der Waals surface area contributed by atoms with E-state index in [-0.39, 0.29) is 24.8 Å². The predicted molar refractivity (Wildman–Crippen MR) is 86.5 cm³/mol. The van der Waals surface area contributed by atoms with Crippen molar-refractivity contribution in [1.82, 2.24) is 5.32 Å². The van der Waals surface area contributed by atoms with Crippen LogP contribution >= 0.6 is 9.39 Å². The van der Waals surface area contributed by atoms with Crippen LogP contribution in [0.25, 0.3) is 0 Å². The third kappa shape index (κ3) is 6.39. The van der Waals surface area contributed by atoms with E-state index < -0.39 is 5.97 Å². The number of ether oxygens (including phenoxy) is 2. The number of hydrogen-bond acceptors (Lipinski definition) is 6. The molecular formula is C14H23N2O5P. The number of rotatable bonds is 6. The first kappa shape index (κ1) is 20.3. The molecular weight excluding hydrogens is 307 g/mol. The normalized spacial score (nSPS) is 9.36. The van der Waals surface area contributed by atoms with Crippen LogP contribution in [-0.4, -0.2) is 30.6 Å². The van der Waals surface area contributed by atoms with Crippen LogP contribution in [0.1, 0.15) is 24.5 Å². The molecule has 1 aromatic carbocycles. The predicted octanol–water partition coefficient (Wildman–Crippen LogP) is 0.663. The summed E-state index contributed by atoms with van der Waals surface area (Å²) in [5.41, 5.74) is 5.75. The van der Waals surface area contributed by atoms with Crippen molar-refractivity contribution in [2.75, 3.05) is 13.7 Å². The fourth-order valence-corrected chi connectivity index (χ4v) is 1.64. The molecule has 0 fully saturated rings. The molecule has 1 aromatic rings. The van der Waals surface area contributed by atoms with E-state index in [1.165, 1.54) is 7.11 Å². The minimum Gasteiger partial charge on any atom is -0.493 e. The van der Waals surface area contributed by atoms with E-state index in [2.05, 4.69) is 10.8 Å². The molecule has 1 amide bonds. The molecule has 0 heterocycles. The smallest absolute Gasteiger partial charge is 0.330 e. The number of carbonyl (C=O) groups excluding carboxylic acids is 2. The topological polar surface area (TPSA) is 111 Å². The van der Waals surface area contributed by atoms with Crippen molar-refractivity contribution in [3.63, 3.8) is 0 Å². The first-order chi connectivity index (χ1) is 10.5. The molecule has 124 valence electrons. The van der Waals surface area contributed by atoms with Gasteiger partial charge in [-0.2, -0.15) is 0 Å². The molecule has 1 rings (SSSR count). The number of methoxy groups -OCH3 is 1. The van der Waals surface area contributed by atoms with Gasteiger partial charge in [-0.3, -0.25) is 4.79 Å². The lowest BCUT2D eigenvalue weighted by molar-refractivity contribution is -0.135. The highest BCUT2D eigenvalue weighted by Gasteiger charge is 2.16. The Morgan fingerprint density at radius 2 is 2.00 bits per heavy atom. The van der Waals surface area contributed by atoms with Crippen LogP contribution in [0.4, 0.5) is 0 Å². The average Bonchev–Trinajstić information content (AvgIpc) is 2.55. The molecule has 0 aliphatic carbocycles. The second kappa shape index (κ2) is 11.0. The zero-order valence-corrected chi connectivity index (χ0v) is 14.2. The van der Waals surface area contributed by atoms with Crippen LogP contribution in [0.3, 0.4) is 0 Å². The molecule has 7 nitrogen and oxygen atoms in total. The van der Waals surface area contributed by atoms with Crippen molar-refractivity contribution < 1.29 is 24.2 Å². The third-order valence-corrected chi connectivity index (χ3v) is 2.63.